The molecule has 1 saturated heterocycles. The van der Waals surface area contributed by atoms with Gasteiger partial charge < -0.3 is 9.84 Å². The molecule has 0 aromatic heterocycles. The molecule has 0 unspecified atom stereocenters. The maximum absolute atomic E-state index is 12.2. The molecule has 6 nitrogen and oxygen atoms in total. The maximum atomic E-state index is 12.2. The standard InChI is InChI=1S/C14H16N2O4/c17-10-1-2-11-12(9-10)14(19)16(13(11)18)4-3-15-5-7-20-8-6-15/h1-2,9,17H,3-8H2. The number of ether oxygens (including phenoxy) is 1. The highest BCUT2D eigenvalue weighted by Gasteiger charge is 2.35. The van der Waals surface area contributed by atoms with Crippen molar-refractivity contribution in [3.8, 4) is 5.75 Å². The molecule has 2 heterocycles. The van der Waals surface area contributed by atoms with Crippen LogP contribution in [0.25, 0.3) is 0 Å². The molecule has 2 aliphatic rings. The number of carbonyl (C=O) groups is 2. The molecule has 3 rings (SSSR count). The summed E-state index contributed by atoms with van der Waals surface area (Å²) in [5.74, 6) is -0.604. The van der Waals surface area contributed by atoms with Gasteiger partial charge in [-0.15, -0.1) is 0 Å². The molecule has 106 valence electrons. The first-order valence-corrected chi connectivity index (χ1v) is 6.66. The van der Waals surface area contributed by atoms with Crippen LogP contribution >= 0.6 is 0 Å². The van der Waals surface area contributed by atoms with Gasteiger partial charge in [0, 0.05) is 26.2 Å². The normalized spacial score (nSPS) is 19.5. The van der Waals surface area contributed by atoms with Gasteiger partial charge in [-0.25, -0.2) is 0 Å². The van der Waals surface area contributed by atoms with Crippen LogP contribution in [0.1, 0.15) is 20.7 Å². The second kappa shape index (κ2) is 5.22. The van der Waals surface area contributed by atoms with Crippen LogP contribution in [-0.2, 0) is 4.74 Å². The van der Waals surface area contributed by atoms with E-state index in [1.807, 2.05) is 0 Å². The van der Waals surface area contributed by atoms with Crippen LogP contribution in [0.5, 0.6) is 5.75 Å². The Hall–Kier alpha value is -1.92. The number of benzene rings is 1. The molecule has 1 fully saturated rings. The highest BCUT2D eigenvalue weighted by molar-refractivity contribution is 6.21. The first-order chi connectivity index (χ1) is 9.66. The number of hydrogen-bond acceptors (Lipinski definition) is 5. The van der Waals surface area contributed by atoms with Crippen molar-refractivity contribution in [2.24, 2.45) is 0 Å². The van der Waals surface area contributed by atoms with E-state index < -0.39 is 0 Å². The number of nitrogens with zero attached hydrogens (tertiary/aromatic N) is 2. The molecule has 0 radical (unpaired) electrons. The van der Waals surface area contributed by atoms with Crippen molar-refractivity contribution in [2.75, 3.05) is 39.4 Å². The minimum Gasteiger partial charge on any atom is -0.508 e. The Balaban J connectivity index is 1.69. The molecule has 0 saturated carbocycles. The van der Waals surface area contributed by atoms with Gasteiger partial charge >= 0.3 is 0 Å². The Labute approximate surface area is 116 Å². The topological polar surface area (TPSA) is 70.1 Å². The summed E-state index contributed by atoms with van der Waals surface area (Å²) < 4.78 is 5.26. The Kier molecular flexibility index (Phi) is 3.42. The molecule has 0 atom stereocenters. The van der Waals surface area contributed by atoms with Gasteiger partial charge in [-0.1, -0.05) is 0 Å². The van der Waals surface area contributed by atoms with Crippen molar-refractivity contribution in [3.05, 3.63) is 29.3 Å². The van der Waals surface area contributed by atoms with E-state index in [1.165, 1.54) is 23.1 Å². The molecule has 1 aromatic rings. The van der Waals surface area contributed by atoms with Crippen LogP contribution in [0.2, 0.25) is 0 Å². The van der Waals surface area contributed by atoms with Crippen molar-refractivity contribution in [1.82, 2.24) is 9.80 Å². The number of amides is 2. The largest absolute Gasteiger partial charge is 0.508 e. The fraction of sp³-hybridized carbons (Fsp3) is 0.429. The highest BCUT2D eigenvalue weighted by atomic mass is 16.5. The second-order valence-electron chi connectivity index (χ2n) is 4.95. The Morgan fingerprint density at radius 1 is 1.05 bits per heavy atom. The van der Waals surface area contributed by atoms with E-state index in [0.717, 1.165) is 13.1 Å². The van der Waals surface area contributed by atoms with E-state index >= 15 is 0 Å². The lowest BCUT2D eigenvalue weighted by molar-refractivity contribution is 0.0325. The van der Waals surface area contributed by atoms with Crippen LogP contribution in [0, 0.1) is 0 Å². The zero-order valence-corrected chi connectivity index (χ0v) is 11.0. The van der Waals surface area contributed by atoms with E-state index in [1.54, 1.807) is 0 Å². The Morgan fingerprint density at radius 2 is 1.75 bits per heavy atom. The van der Waals surface area contributed by atoms with Crippen LogP contribution in [-0.4, -0.2) is 66.1 Å². The zero-order chi connectivity index (χ0) is 14.1. The third-order valence-corrected chi connectivity index (χ3v) is 3.70. The van der Waals surface area contributed by atoms with Gasteiger partial charge in [0.05, 0.1) is 24.3 Å². The first-order valence-electron chi connectivity index (χ1n) is 6.66. The molecular weight excluding hydrogens is 260 g/mol. The summed E-state index contributed by atoms with van der Waals surface area (Å²) in [6.45, 7) is 4.05. The lowest BCUT2D eigenvalue weighted by Gasteiger charge is -2.27. The summed E-state index contributed by atoms with van der Waals surface area (Å²) in [6, 6.07) is 4.28. The van der Waals surface area contributed by atoms with Crippen molar-refractivity contribution in [3.63, 3.8) is 0 Å². The predicted molar refractivity (Wildman–Crippen MR) is 70.7 cm³/mol. The van der Waals surface area contributed by atoms with E-state index in [9.17, 15) is 14.7 Å². The number of aromatic hydroxyl groups is 1. The van der Waals surface area contributed by atoms with Crippen molar-refractivity contribution >= 4 is 11.8 Å². The highest BCUT2D eigenvalue weighted by Crippen LogP contribution is 2.26. The third-order valence-electron chi connectivity index (χ3n) is 3.70. The van der Waals surface area contributed by atoms with Crippen LogP contribution in [0.4, 0.5) is 0 Å². The number of phenols is 1. The Bertz CT molecular complexity index is 552. The Morgan fingerprint density at radius 3 is 2.50 bits per heavy atom. The average Bonchev–Trinajstić information content (AvgIpc) is 2.70. The fourth-order valence-electron chi connectivity index (χ4n) is 2.55. The second-order valence-corrected chi connectivity index (χ2v) is 4.95. The van der Waals surface area contributed by atoms with Crippen LogP contribution in [0.15, 0.2) is 18.2 Å². The number of phenolic OH excluding ortho intramolecular Hbond substituents is 1. The van der Waals surface area contributed by atoms with Gasteiger partial charge in [-0.05, 0) is 18.2 Å². The molecule has 0 spiro atoms. The number of fused-ring (bicyclic) bond motifs is 1. The number of hydrogen-bond donors (Lipinski definition) is 1. The third kappa shape index (κ3) is 2.28. The van der Waals surface area contributed by atoms with E-state index in [4.69, 9.17) is 4.74 Å². The molecule has 0 aliphatic carbocycles. The average molecular weight is 276 g/mol. The number of imide groups is 1. The first kappa shape index (κ1) is 13.1. The number of rotatable bonds is 3. The SMILES string of the molecule is O=C1c2ccc(O)cc2C(=O)N1CCN1CCOCC1. The van der Waals surface area contributed by atoms with E-state index in [2.05, 4.69) is 4.90 Å². The summed E-state index contributed by atoms with van der Waals surface area (Å²) >= 11 is 0. The summed E-state index contributed by atoms with van der Waals surface area (Å²) in [6.07, 6.45) is 0. The van der Waals surface area contributed by atoms with E-state index in [-0.39, 0.29) is 23.1 Å². The lowest BCUT2D eigenvalue weighted by atomic mass is 10.1. The van der Waals surface area contributed by atoms with Gasteiger partial charge in [-0.3, -0.25) is 19.4 Å². The van der Waals surface area contributed by atoms with Crippen molar-refractivity contribution in [2.45, 2.75) is 0 Å². The van der Waals surface area contributed by atoms with Gasteiger partial charge in [0.1, 0.15) is 5.75 Å². The smallest absolute Gasteiger partial charge is 0.261 e. The van der Waals surface area contributed by atoms with Crippen LogP contribution in [0.3, 0.4) is 0 Å². The lowest BCUT2D eigenvalue weighted by Crippen LogP contribution is -2.42. The minimum absolute atomic E-state index is 0.0000655. The van der Waals surface area contributed by atoms with E-state index in [0.29, 0.717) is 31.9 Å². The fourth-order valence-corrected chi connectivity index (χ4v) is 2.55. The van der Waals surface area contributed by atoms with Gasteiger partial charge in [0.2, 0.25) is 0 Å². The molecule has 6 heteroatoms. The quantitative estimate of drug-likeness (QED) is 0.805. The van der Waals surface area contributed by atoms with Crippen LogP contribution < -0.4 is 0 Å². The minimum atomic E-state index is -0.325. The number of carbonyl (C=O) groups excluding carboxylic acids is 2. The molecular formula is C14H16N2O4. The molecule has 1 N–H and O–H groups in total. The monoisotopic (exact) mass is 276 g/mol. The summed E-state index contributed by atoms with van der Waals surface area (Å²) in [4.78, 5) is 27.8. The molecule has 2 amide bonds. The van der Waals surface area contributed by atoms with Crippen molar-refractivity contribution in [1.29, 1.82) is 0 Å². The number of morpholine rings is 1. The van der Waals surface area contributed by atoms with Gasteiger partial charge in [0.15, 0.2) is 0 Å². The predicted octanol–water partition coefficient (Wildman–Crippen LogP) is 0.320. The summed E-state index contributed by atoms with van der Waals surface area (Å²) in [7, 11) is 0. The summed E-state index contributed by atoms with van der Waals surface area (Å²) in [5.41, 5.74) is 0.659. The zero-order valence-electron chi connectivity index (χ0n) is 11.0. The van der Waals surface area contributed by atoms with Crippen molar-refractivity contribution < 1.29 is 19.4 Å². The molecule has 2 aliphatic heterocycles. The maximum Gasteiger partial charge on any atom is 0.261 e. The van der Waals surface area contributed by atoms with Gasteiger partial charge in [-0.2, -0.15) is 0 Å². The summed E-state index contributed by atoms with van der Waals surface area (Å²) in [5, 5.41) is 9.42. The molecule has 1 aromatic carbocycles. The molecule has 0 bridgehead atoms. The molecule has 20 heavy (non-hydrogen) atoms. The van der Waals surface area contributed by atoms with Gasteiger partial charge in [0.25, 0.3) is 11.8 Å².